The van der Waals surface area contributed by atoms with E-state index in [1.165, 1.54) is 16.5 Å². The molecule has 0 amide bonds. The summed E-state index contributed by atoms with van der Waals surface area (Å²) in [4.78, 5) is 9.88. The van der Waals surface area contributed by atoms with Crippen molar-refractivity contribution < 1.29 is 4.57 Å². The fourth-order valence-electron chi connectivity index (χ4n) is 4.34. The zero-order chi connectivity index (χ0) is 20.7. The zero-order valence-corrected chi connectivity index (χ0v) is 17.7. The highest BCUT2D eigenvalue weighted by molar-refractivity contribution is 5.92. The number of aryl methyl sites for hydroxylation is 3. The van der Waals surface area contributed by atoms with E-state index in [0.717, 1.165) is 47.8 Å². The molecule has 0 aliphatic rings. The van der Waals surface area contributed by atoms with Gasteiger partial charge in [-0.2, -0.15) is 0 Å². The fraction of sp³-hybridized carbons (Fsp3) is 0.240. The van der Waals surface area contributed by atoms with Gasteiger partial charge >= 0.3 is 5.65 Å². The van der Waals surface area contributed by atoms with Crippen LogP contribution in [0.4, 0.5) is 0 Å². The summed E-state index contributed by atoms with van der Waals surface area (Å²) in [6.45, 7) is 9.15. The first-order chi connectivity index (χ1) is 14.7. The van der Waals surface area contributed by atoms with Gasteiger partial charge in [-0.25, -0.2) is 14.1 Å². The average Bonchev–Trinajstić information content (AvgIpc) is 3.30. The van der Waals surface area contributed by atoms with Gasteiger partial charge in [-0.05, 0) is 45.0 Å². The Kier molecular flexibility index (Phi) is 4.58. The summed E-state index contributed by atoms with van der Waals surface area (Å²) < 4.78 is 6.82. The molecular formula is C25H26N5+. The maximum Gasteiger partial charge on any atom is 0.323 e. The molecule has 0 atom stereocenters. The predicted molar refractivity (Wildman–Crippen MR) is 123 cm³/mol. The van der Waals surface area contributed by atoms with Gasteiger partial charge < -0.3 is 4.57 Å². The number of imidazole rings is 1. The molecular weight excluding hydrogens is 370 g/mol. The van der Waals surface area contributed by atoms with Gasteiger partial charge in [0.25, 0.3) is 5.65 Å². The summed E-state index contributed by atoms with van der Waals surface area (Å²) >= 11 is 0. The molecule has 5 nitrogen and oxygen atoms in total. The molecule has 5 aromatic rings. The molecule has 5 heteroatoms. The molecule has 150 valence electrons. The monoisotopic (exact) mass is 396 g/mol. The minimum atomic E-state index is 0.840. The molecule has 0 aliphatic heterocycles. The Labute approximate surface area is 175 Å². The van der Waals surface area contributed by atoms with Crippen molar-refractivity contribution in [2.24, 2.45) is 0 Å². The second-order valence-corrected chi connectivity index (χ2v) is 7.43. The first kappa shape index (κ1) is 18.6. The fourth-order valence-corrected chi connectivity index (χ4v) is 4.34. The Morgan fingerprint density at radius 1 is 0.867 bits per heavy atom. The van der Waals surface area contributed by atoms with Gasteiger partial charge in [0.2, 0.25) is 5.82 Å². The normalized spacial score (nSPS) is 12.1. The van der Waals surface area contributed by atoms with Crippen LogP contribution in [0.1, 0.15) is 32.2 Å². The summed E-state index contributed by atoms with van der Waals surface area (Å²) in [6.07, 6.45) is 6.67. The minimum Gasteiger partial charge on any atom is -0.347 e. The number of aromatic nitrogens is 5. The lowest BCUT2D eigenvalue weighted by molar-refractivity contribution is -0.672. The second-order valence-electron chi connectivity index (χ2n) is 7.43. The van der Waals surface area contributed by atoms with Crippen LogP contribution in [0, 0.1) is 0 Å². The van der Waals surface area contributed by atoms with Crippen molar-refractivity contribution in [2.75, 3.05) is 0 Å². The van der Waals surface area contributed by atoms with Crippen LogP contribution in [0.5, 0.6) is 0 Å². The van der Waals surface area contributed by atoms with Crippen molar-refractivity contribution in [3.8, 4) is 0 Å². The second kappa shape index (κ2) is 7.41. The van der Waals surface area contributed by atoms with E-state index in [-0.39, 0.29) is 0 Å². The number of rotatable bonds is 5. The number of fused-ring (bicyclic) bond motifs is 3. The first-order valence-electron chi connectivity index (χ1n) is 10.7. The highest BCUT2D eigenvalue weighted by atomic mass is 15.2. The molecule has 0 aliphatic carbocycles. The lowest BCUT2D eigenvalue weighted by atomic mass is 10.1. The molecule has 0 unspecified atom stereocenters. The van der Waals surface area contributed by atoms with Crippen LogP contribution < -0.4 is 4.57 Å². The molecule has 0 N–H and O–H groups in total. The Bertz CT molecular complexity index is 1340. The summed E-state index contributed by atoms with van der Waals surface area (Å²) in [5, 5.41) is 1.28. The lowest BCUT2D eigenvalue weighted by Crippen LogP contribution is -2.35. The minimum absolute atomic E-state index is 0.840. The Morgan fingerprint density at radius 2 is 1.60 bits per heavy atom. The zero-order valence-electron chi connectivity index (χ0n) is 17.7. The van der Waals surface area contributed by atoms with Crippen molar-refractivity contribution in [1.29, 1.82) is 0 Å². The molecule has 5 rings (SSSR count). The summed E-state index contributed by atoms with van der Waals surface area (Å²) in [5.74, 6) is 1.12. The molecule has 0 saturated heterocycles. The van der Waals surface area contributed by atoms with Crippen molar-refractivity contribution in [3.63, 3.8) is 0 Å². The van der Waals surface area contributed by atoms with Crippen LogP contribution in [-0.4, -0.2) is 19.1 Å². The number of para-hydroxylation sites is 3. The van der Waals surface area contributed by atoms with Gasteiger partial charge in [0.05, 0.1) is 13.1 Å². The molecule has 3 aromatic heterocycles. The number of hydrogen-bond acceptors (Lipinski definition) is 2. The highest BCUT2D eigenvalue weighted by Gasteiger charge is 2.24. The maximum absolute atomic E-state index is 4.94. The average molecular weight is 397 g/mol. The van der Waals surface area contributed by atoms with Crippen LogP contribution in [0.15, 0.2) is 54.7 Å². The Hall–Kier alpha value is -3.47. The molecule has 30 heavy (non-hydrogen) atoms. The van der Waals surface area contributed by atoms with Crippen molar-refractivity contribution >= 4 is 45.4 Å². The molecule has 0 saturated carbocycles. The van der Waals surface area contributed by atoms with Gasteiger partial charge in [0.1, 0.15) is 5.52 Å². The smallest absolute Gasteiger partial charge is 0.323 e. The van der Waals surface area contributed by atoms with Crippen LogP contribution in [-0.2, 0) is 19.6 Å². The van der Waals surface area contributed by atoms with Crippen molar-refractivity contribution in [1.82, 2.24) is 19.1 Å². The highest BCUT2D eigenvalue weighted by Crippen LogP contribution is 2.24. The third-order valence-electron chi connectivity index (χ3n) is 5.80. The maximum atomic E-state index is 4.94. The molecule has 0 radical (unpaired) electrons. The molecule has 2 aromatic carbocycles. The Morgan fingerprint density at radius 3 is 2.33 bits per heavy atom. The van der Waals surface area contributed by atoms with E-state index in [1.807, 2.05) is 24.3 Å². The van der Waals surface area contributed by atoms with Crippen LogP contribution in [0.25, 0.3) is 45.4 Å². The van der Waals surface area contributed by atoms with Gasteiger partial charge in [-0.3, -0.25) is 0 Å². The third-order valence-corrected chi connectivity index (χ3v) is 5.80. The van der Waals surface area contributed by atoms with Gasteiger partial charge in [-0.1, -0.05) is 35.3 Å². The van der Waals surface area contributed by atoms with Crippen LogP contribution in [0.2, 0.25) is 0 Å². The summed E-state index contributed by atoms with van der Waals surface area (Å²) in [5.41, 5.74) is 6.24. The molecule has 0 fully saturated rings. The third kappa shape index (κ3) is 2.81. The van der Waals surface area contributed by atoms with Gasteiger partial charge in [0.15, 0.2) is 5.52 Å². The Balaban J connectivity index is 1.72. The SMILES string of the molecule is CCn1cc(/C=C/c2n(CC)c3nc4ccccc4nc3[n+]2CC)c2ccccc21. The quantitative estimate of drug-likeness (QED) is 0.390. The molecule has 0 bridgehead atoms. The van der Waals surface area contributed by atoms with Gasteiger partial charge in [0, 0.05) is 35.3 Å². The number of benzene rings is 2. The van der Waals surface area contributed by atoms with E-state index in [9.17, 15) is 0 Å². The standard InChI is InChI=1S/C25H26N5/c1-4-28-17-18(19-11-7-10-14-22(19)28)15-16-23-29(5-2)24-25(30(23)6-3)27-21-13-9-8-12-20(21)26-24/h7-17H,4-6H2,1-3H3/q+1. The number of hydrogen-bond donors (Lipinski definition) is 0. The van der Waals surface area contributed by atoms with E-state index in [1.54, 1.807) is 0 Å². The van der Waals surface area contributed by atoms with Crippen molar-refractivity contribution in [2.45, 2.75) is 40.4 Å². The van der Waals surface area contributed by atoms with E-state index in [2.05, 4.69) is 77.1 Å². The van der Waals surface area contributed by atoms with Crippen molar-refractivity contribution in [3.05, 3.63) is 66.1 Å². The topological polar surface area (TPSA) is 39.5 Å². The van der Waals surface area contributed by atoms with Crippen LogP contribution >= 0.6 is 0 Å². The predicted octanol–water partition coefficient (Wildman–Crippen LogP) is 5.06. The molecule has 3 heterocycles. The number of nitrogens with zero attached hydrogens (tertiary/aromatic N) is 5. The molecule has 0 spiro atoms. The van der Waals surface area contributed by atoms with E-state index in [0.29, 0.717) is 0 Å². The van der Waals surface area contributed by atoms with E-state index >= 15 is 0 Å². The van der Waals surface area contributed by atoms with Gasteiger partial charge in [-0.15, -0.1) is 0 Å². The first-order valence-corrected chi connectivity index (χ1v) is 10.7. The largest absolute Gasteiger partial charge is 0.347 e. The summed E-state index contributed by atoms with van der Waals surface area (Å²) in [7, 11) is 0. The lowest BCUT2D eigenvalue weighted by Gasteiger charge is -1.99. The van der Waals surface area contributed by atoms with E-state index in [4.69, 9.17) is 9.97 Å². The van der Waals surface area contributed by atoms with E-state index < -0.39 is 0 Å². The summed E-state index contributed by atoms with van der Waals surface area (Å²) in [6, 6.07) is 16.7. The van der Waals surface area contributed by atoms with Crippen LogP contribution in [0.3, 0.4) is 0 Å².